The molecular weight excluding hydrogens is 488 g/mol. The standard InChI is InChI=1S/C28H28N4O2S2/c1-3-31(4-2)36(33,34)24-17-15-22(16-18-24)26-20-35-28(29-26)32-27(23-13-9-6-10-14-23)19-25(30-32)21-11-7-5-8-12-21/h5-18,20,27H,3-4,19H2,1-2H3/t27-/m0/s1. The zero-order valence-corrected chi connectivity index (χ0v) is 21.9. The predicted octanol–water partition coefficient (Wildman–Crippen LogP) is 6.20. The van der Waals surface area contributed by atoms with Gasteiger partial charge < -0.3 is 0 Å². The van der Waals surface area contributed by atoms with Crippen LogP contribution in [0.2, 0.25) is 0 Å². The van der Waals surface area contributed by atoms with E-state index in [0.717, 1.165) is 34.1 Å². The largest absolute Gasteiger partial charge is 0.243 e. The van der Waals surface area contributed by atoms with Crippen LogP contribution in [0.4, 0.5) is 5.13 Å². The summed E-state index contributed by atoms with van der Waals surface area (Å²) in [5.41, 5.74) is 5.01. The van der Waals surface area contributed by atoms with Crippen LogP contribution in [-0.4, -0.2) is 36.5 Å². The van der Waals surface area contributed by atoms with Crippen molar-refractivity contribution in [3.8, 4) is 11.3 Å². The first-order chi connectivity index (χ1) is 17.5. The van der Waals surface area contributed by atoms with Crippen LogP contribution in [0.15, 0.2) is 100 Å². The third kappa shape index (κ3) is 4.72. The Bertz CT molecular complexity index is 1450. The molecule has 0 unspecified atom stereocenters. The molecule has 0 bridgehead atoms. The molecule has 3 aromatic carbocycles. The Kier molecular flexibility index (Phi) is 7.00. The Morgan fingerprint density at radius 2 is 1.53 bits per heavy atom. The number of anilines is 1. The number of hydrogen-bond donors (Lipinski definition) is 0. The summed E-state index contributed by atoms with van der Waals surface area (Å²) in [6, 6.07) is 27.7. The summed E-state index contributed by atoms with van der Waals surface area (Å²) in [5.74, 6) is 0. The summed E-state index contributed by atoms with van der Waals surface area (Å²) in [6.45, 7) is 4.58. The first-order valence-corrected chi connectivity index (χ1v) is 14.4. The number of nitrogens with zero attached hydrogens (tertiary/aromatic N) is 4. The first-order valence-electron chi connectivity index (χ1n) is 12.0. The molecule has 0 N–H and O–H groups in total. The average molecular weight is 517 g/mol. The molecule has 2 heterocycles. The van der Waals surface area contributed by atoms with Crippen molar-refractivity contribution in [3.63, 3.8) is 0 Å². The number of hydrogen-bond acceptors (Lipinski definition) is 6. The van der Waals surface area contributed by atoms with Gasteiger partial charge in [-0.1, -0.05) is 86.6 Å². The number of benzene rings is 3. The van der Waals surface area contributed by atoms with Crippen LogP contribution in [0.5, 0.6) is 0 Å². The molecule has 1 aliphatic heterocycles. The van der Waals surface area contributed by atoms with Crippen molar-refractivity contribution in [2.45, 2.75) is 31.2 Å². The summed E-state index contributed by atoms with van der Waals surface area (Å²) in [4.78, 5) is 5.20. The minimum atomic E-state index is -3.49. The van der Waals surface area contributed by atoms with Gasteiger partial charge in [0.1, 0.15) is 0 Å². The highest BCUT2D eigenvalue weighted by Crippen LogP contribution is 2.39. The second kappa shape index (κ2) is 10.3. The van der Waals surface area contributed by atoms with Crippen molar-refractivity contribution in [3.05, 3.63) is 101 Å². The third-order valence-electron chi connectivity index (χ3n) is 6.38. The fourth-order valence-electron chi connectivity index (χ4n) is 4.44. The van der Waals surface area contributed by atoms with Gasteiger partial charge in [-0.15, -0.1) is 11.3 Å². The number of sulfonamides is 1. The molecule has 0 amide bonds. The van der Waals surface area contributed by atoms with Crippen LogP contribution in [-0.2, 0) is 10.0 Å². The minimum Gasteiger partial charge on any atom is -0.231 e. The van der Waals surface area contributed by atoms with E-state index in [9.17, 15) is 8.42 Å². The van der Waals surface area contributed by atoms with Crippen LogP contribution >= 0.6 is 11.3 Å². The molecule has 4 aromatic rings. The normalized spacial score (nSPS) is 15.9. The molecule has 0 saturated heterocycles. The maximum atomic E-state index is 12.8. The van der Waals surface area contributed by atoms with Crippen LogP contribution in [0, 0.1) is 0 Å². The molecule has 6 nitrogen and oxygen atoms in total. The second-order valence-electron chi connectivity index (χ2n) is 8.52. The Hall–Kier alpha value is -3.33. The number of thiazole rings is 1. The van der Waals surface area contributed by atoms with Gasteiger partial charge in [0.05, 0.1) is 22.3 Å². The zero-order valence-electron chi connectivity index (χ0n) is 20.3. The highest BCUT2D eigenvalue weighted by Gasteiger charge is 2.31. The molecule has 0 fully saturated rings. The van der Waals surface area contributed by atoms with E-state index in [4.69, 9.17) is 10.1 Å². The summed E-state index contributed by atoms with van der Waals surface area (Å²) < 4.78 is 27.1. The fourth-order valence-corrected chi connectivity index (χ4v) is 6.73. The van der Waals surface area contributed by atoms with E-state index < -0.39 is 10.0 Å². The van der Waals surface area contributed by atoms with E-state index in [-0.39, 0.29) is 6.04 Å². The minimum absolute atomic E-state index is 0.0574. The van der Waals surface area contributed by atoms with Crippen molar-refractivity contribution >= 4 is 32.2 Å². The van der Waals surface area contributed by atoms with Gasteiger partial charge in [-0.2, -0.15) is 9.41 Å². The van der Waals surface area contributed by atoms with Crippen LogP contribution in [0.1, 0.15) is 37.4 Å². The van der Waals surface area contributed by atoms with E-state index in [2.05, 4.69) is 36.4 Å². The smallest absolute Gasteiger partial charge is 0.231 e. The SMILES string of the molecule is CCN(CC)S(=O)(=O)c1ccc(-c2csc(N3N=C(c4ccccc4)C[C@H]3c3ccccc3)n2)cc1. The van der Waals surface area contributed by atoms with Crippen LogP contribution in [0.3, 0.4) is 0 Å². The summed E-state index contributed by atoms with van der Waals surface area (Å²) in [6.07, 6.45) is 0.793. The lowest BCUT2D eigenvalue weighted by atomic mass is 9.99. The number of hydrazone groups is 1. The van der Waals surface area contributed by atoms with Gasteiger partial charge >= 0.3 is 0 Å². The lowest BCUT2D eigenvalue weighted by Gasteiger charge is -2.21. The van der Waals surface area contributed by atoms with E-state index in [1.165, 1.54) is 9.87 Å². The lowest BCUT2D eigenvalue weighted by Crippen LogP contribution is -2.30. The monoisotopic (exact) mass is 516 g/mol. The highest BCUT2D eigenvalue weighted by atomic mass is 32.2. The van der Waals surface area contributed by atoms with Crippen LogP contribution < -0.4 is 5.01 Å². The second-order valence-corrected chi connectivity index (χ2v) is 11.3. The van der Waals surface area contributed by atoms with Gasteiger partial charge in [-0.3, -0.25) is 0 Å². The van der Waals surface area contributed by atoms with E-state index >= 15 is 0 Å². The van der Waals surface area contributed by atoms with E-state index in [0.29, 0.717) is 18.0 Å². The molecular formula is C28H28N4O2S2. The average Bonchev–Trinajstić information content (AvgIpc) is 3.58. The quantitative estimate of drug-likeness (QED) is 0.280. The van der Waals surface area contributed by atoms with Gasteiger partial charge in [0.2, 0.25) is 15.2 Å². The number of rotatable bonds is 8. The molecule has 1 atom stereocenters. The maximum Gasteiger partial charge on any atom is 0.243 e. The van der Waals surface area contributed by atoms with Gasteiger partial charge in [0.25, 0.3) is 0 Å². The Morgan fingerprint density at radius 3 is 2.17 bits per heavy atom. The van der Waals surface area contributed by atoms with Crippen LogP contribution in [0.25, 0.3) is 11.3 Å². The Balaban J connectivity index is 1.45. The van der Waals surface area contributed by atoms with E-state index in [1.54, 1.807) is 23.5 Å². The summed E-state index contributed by atoms with van der Waals surface area (Å²) >= 11 is 1.54. The fraction of sp³-hybridized carbons (Fsp3) is 0.214. The zero-order chi connectivity index (χ0) is 25.1. The van der Waals surface area contributed by atoms with Crippen molar-refractivity contribution in [1.82, 2.24) is 9.29 Å². The van der Waals surface area contributed by atoms with Crippen molar-refractivity contribution in [2.24, 2.45) is 5.10 Å². The maximum absolute atomic E-state index is 12.8. The third-order valence-corrected chi connectivity index (χ3v) is 9.28. The van der Waals surface area contributed by atoms with Gasteiger partial charge in [0, 0.05) is 30.5 Å². The summed E-state index contributed by atoms with van der Waals surface area (Å²) in [7, 11) is -3.49. The molecule has 0 aliphatic carbocycles. The van der Waals surface area contributed by atoms with E-state index in [1.807, 2.05) is 60.6 Å². The topological polar surface area (TPSA) is 65.9 Å². The van der Waals surface area contributed by atoms with Crippen molar-refractivity contribution in [1.29, 1.82) is 0 Å². The molecule has 5 rings (SSSR count). The Labute approximate surface area is 216 Å². The molecule has 0 radical (unpaired) electrons. The molecule has 1 aromatic heterocycles. The molecule has 1 aliphatic rings. The van der Waals surface area contributed by atoms with Crippen molar-refractivity contribution < 1.29 is 8.42 Å². The van der Waals surface area contributed by atoms with Gasteiger partial charge in [0.15, 0.2) is 0 Å². The lowest BCUT2D eigenvalue weighted by molar-refractivity contribution is 0.445. The Morgan fingerprint density at radius 1 is 0.889 bits per heavy atom. The van der Waals surface area contributed by atoms with Crippen molar-refractivity contribution in [2.75, 3.05) is 18.1 Å². The molecule has 0 spiro atoms. The summed E-state index contributed by atoms with van der Waals surface area (Å²) in [5, 5.41) is 9.82. The highest BCUT2D eigenvalue weighted by molar-refractivity contribution is 7.89. The molecule has 184 valence electrons. The van der Waals surface area contributed by atoms with Gasteiger partial charge in [-0.05, 0) is 23.3 Å². The molecule has 36 heavy (non-hydrogen) atoms. The predicted molar refractivity (Wildman–Crippen MR) is 147 cm³/mol. The number of aromatic nitrogens is 1. The molecule has 0 saturated carbocycles. The van der Waals surface area contributed by atoms with Gasteiger partial charge in [-0.25, -0.2) is 18.4 Å². The first kappa shape index (κ1) is 24.4. The molecule has 8 heteroatoms.